The molecule has 6 heteroatoms. The Kier molecular flexibility index (Phi) is 4.38. The first-order valence-electron chi connectivity index (χ1n) is 7.83. The van der Waals surface area contributed by atoms with E-state index in [2.05, 4.69) is 31.9 Å². The lowest BCUT2D eigenvalue weighted by Gasteiger charge is -2.23. The Bertz CT molecular complexity index is 580. The Balaban J connectivity index is 1.68. The molecule has 0 aliphatic carbocycles. The smallest absolute Gasteiger partial charge is 0.341 e. The number of aromatic nitrogens is 2. The van der Waals surface area contributed by atoms with Crippen LogP contribution < -0.4 is 4.90 Å². The Morgan fingerprint density at radius 2 is 2.18 bits per heavy atom. The second-order valence-corrected chi connectivity index (χ2v) is 5.70. The van der Waals surface area contributed by atoms with E-state index in [4.69, 9.17) is 4.74 Å². The van der Waals surface area contributed by atoms with Crippen molar-refractivity contribution in [1.29, 1.82) is 0 Å². The van der Waals surface area contributed by atoms with E-state index in [-0.39, 0.29) is 5.97 Å². The zero-order chi connectivity index (χ0) is 15.5. The Morgan fingerprint density at radius 1 is 1.41 bits per heavy atom. The summed E-state index contributed by atoms with van der Waals surface area (Å²) in [6.07, 6.45) is 7.15. The number of carbonyl (C=O) groups excluding carboxylic acids is 1. The summed E-state index contributed by atoms with van der Waals surface area (Å²) in [5, 5.41) is 0. The monoisotopic (exact) mass is 302 g/mol. The van der Waals surface area contributed by atoms with Crippen LogP contribution in [0.2, 0.25) is 0 Å². The number of anilines is 1. The molecule has 2 aliphatic heterocycles. The number of esters is 1. The second-order valence-electron chi connectivity index (χ2n) is 5.70. The normalized spacial score (nSPS) is 21.5. The maximum atomic E-state index is 11.8. The third-order valence-electron chi connectivity index (χ3n) is 4.27. The van der Waals surface area contributed by atoms with Gasteiger partial charge in [-0.25, -0.2) is 14.8 Å². The maximum Gasteiger partial charge on any atom is 0.341 e. The highest BCUT2D eigenvalue weighted by atomic mass is 16.5. The molecule has 0 unspecified atom stereocenters. The number of nitrogens with zero attached hydrogens (tertiary/aromatic N) is 4. The van der Waals surface area contributed by atoms with Gasteiger partial charge in [0.25, 0.3) is 0 Å². The molecule has 0 N–H and O–H groups in total. The van der Waals surface area contributed by atoms with Gasteiger partial charge in [-0.15, -0.1) is 0 Å². The highest BCUT2D eigenvalue weighted by Crippen LogP contribution is 2.22. The summed E-state index contributed by atoms with van der Waals surface area (Å²) in [6, 6.07) is 0.559. The molecule has 22 heavy (non-hydrogen) atoms. The van der Waals surface area contributed by atoms with Gasteiger partial charge in [-0.2, -0.15) is 0 Å². The molecule has 0 amide bonds. The van der Waals surface area contributed by atoms with Gasteiger partial charge in [-0.1, -0.05) is 12.2 Å². The Morgan fingerprint density at radius 3 is 2.86 bits per heavy atom. The standard InChI is InChI=1S/C16H22N4O2/c1-3-22-15(21)14-10-17-16(18-12(14)2)20-9-6-13(11-20)19-7-4-5-8-19/h4-5,10,13H,3,6-9,11H2,1-2H3/t13-/m1/s1. The average Bonchev–Trinajstić information content (AvgIpc) is 3.18. The van der Waals surface area contributed by atoms with Gasteiger partial charge in [-0.05, 0) is 20.3 Å². The Labute approximate surface area is 130 Å². The van der Waals surface area contributed by atoms with Gasteiger partial charge >= 0.3 is 5.97 Å². The van der Waals surface area contributed by atoms with E-state index in [1.165, 1.54) is 0 Å². The molecule has 1 fully saturated rings. The highest BCUT2D eigenvalue weighted by Gasteiger charge is 2.29. The van der Waals surface area contributed by atoms with Crippen molar-refractivity contribution in [3.63, 3.8) is 0 Å². The molecule has 6 nitrogen and oxygen atoms in total. The zero-order valence-electron chi connectivity index (χ0n) is 13.2. The lowest BCUT2D eigenvalue weighted by atomic mass is 10.2. The topological polar surface area (TPSA) is 58.6 Å². The molecule has 3 heterocycles. The molecule has 3 rings (SSSR count). The third kappa shape index (κ3) is 2.97. The lowest BCUT2D eigenvalue weighted by molar-refractivity contribution is 0.0524. The second kappa shape index (κ2) is 6.44. The minimum atomic E-state index is -0.353. The summed E-state index contributed by atoms with van der Waals surface area (Å²) >= 11 is 0. The van der Waals surface area contributed by atoms with Gasteiger partial charge < -0.3 is 9.64 Å². The number of hydrogen-bond acceptors (Lipinski definition) is 6. The van der Waals surface area contributed by atoms with Crippen LogP contribution >= 0.6 is 0 Å². The zero-order valence-corrected chi connectivity index (χ0v) is 13.2. The van der Waals surface area contributed by atoms with Crippen molar-refractivity contribution in [3.8, 4) is 0 Å². The van der Waals surface area contributed by atoms with Crippen molar-refractivity contribution in [1.82, 2.24) is 14.9 Å². The van der Waals surface area contributed by atoms with E-state index >= 15 is 0 Å². The van der Waals surface area contributed by atoms with E-state index in [1.807, 2.05) is 6.92 Å². The Hall–Kier alpha value is -1.95. The predicted octanol–water partition coefficient (Wildman–Crippen LogP) is 1.41. The van der Waals surface area contributed by atoms with Crippen molar-refractivity contribution in [2.45, 2.75) is 26.3 Å². The summed E-state index contributed by atoms with van der Waals surface area (Å²) in [5.41, 5.74) is 1.12. The summed E-state index contributed by atoms with van der Waals surface area (Å²) in [5.74, 6) is 0.356. The fourth-order valence-electron chi connectivity index (χ4n) is 3.03. The number of carbonyl (C=O) groups is 1. The SMILES string of the molecule is CCOC(=O)c1cnc(N2CC[C@@H](N3CC=CC3)C2)nc1C. The molecular formula is C16H22N4O2. The van der Waals surface area contributed by atoms with E-state index in [0.29, 0.717) is 29.9 Å². The minimum Gasteiger partial charge on any atom is -0.462 e. The van der Waals surface area contributed by atoms with Gasteiger partial charge in [0.05, 0.1) is 17.9 Å². The average molecular weight is 302 g/mol. The molecule has 1 aromatic rings. The molecule has 0 radical (unpaired) electrons. The van der Waals surface area contributed by atoms with Crippen molar-refractivity contribution in [2.24, 2.45) is 0 Å². The number of ether oxygens (including phenoxy) is 1. The van der Waals surface area contributed by atoms with Crippen LogP contribution in [-0.2, 0) is 4.74 Å². The first kappa shape index (κ1) is 15.0. The van der Waals surface area contributed by atoms with Crippen LogP contribution in [0.4, 0.5) is 5.95 Å². The van der Waals surface area contributed by atoms with E-state index in [9.17, 15) is 4.79 Å². The van der Waals surface area contributed by atoms with E-state index in [1.54, 1.807) is 13.1 Å². The first-order chi connectivity index (χ1) is 10.7. The van der Waals surface area contributed by atoms with Gasteiger partial charge in [0.15, 0.2) is 0 Å². The van der Waals surface area contributed by atoms with Crippen molar-refractivity contribution in [3.05, 3.63) is 29.6 Å². The molecule has 0 bridgehead atoms. The summed E-state index contributed by atoms with van der Waals surface area (Å²) in [4.78, 5) is 25.3. The predicted molar refractivity (Wildman–Crippen MR) is 84.1 cm³/mol. The first-order valence-corrected chi connectivity index (χ1v) is 7.83. The van der Waals surface area contributed by atoms with Crippen molar-refractivity contribution < 1.29 is 9.53 Å². The van der Waals surface area contributed by atoms with Crippen LogP contribution in [0, 0.1) is 6.92 Å². The number of aryl methyl sites for hydroxylation is 1. The third-order valence-corrected chi connectivity index (χ3v) is 4.27. The van der Waals surface area contributed by atoms with Crippen LogP contribution in [0.5, 0.6) is 0 Å². The van der Waals surface area contributed by atoms with E-state index < -0.39 is 0 Å². The quantitative estimate of drug-likeness (QED) is 0.619. The van der Waals surface area contributed by atoms with Crippen LogP contribution in [0.1, 0.15) is 29.4 Å². The van der Waals surface area contributed by atoms with Gasteiger partial charge in [-0.3, -0.25) is 4.90 Å². The fraction of sp³-hybridized carbons (Fsp3) is 0.562. The summed E-state index contributed by atoms with van der Waals surface area (Å²) in [6.45, 7) is 7.97. The number of rotatable bonds is 4. The molecule has 1 atom stereocenters. The number of hydrogen-bond donors (Lipinski definition) is 0. The maximum absolute atomic E-state index is 11.8. The van der Waals surface area contributed by atoms with Crippen LogP contribution in [0.15, 0.2) is 18.3 Å². The molecule has 0 spiro atoms. The molecular weight excluding hydrogens is 280 g/mol. The van der Waals surface area contributed by atoms with Crippen molar-refractivity contribution in [2.75, 3.05) is 37.7 Å². The molecule has 0 saturated carbocycles. The molecule has 0 aromatic carbocycles. The van der Waals surface area contributed by atoms with Gasteiger partial charge in [0.1, 0.15) is 0 Å². The summed E-state index contributed by atoms with van der Waals surface area (Å²) in [7, 11) is 0. The fourth-order valence-corrected chi connectivity index (χ4v) is 3.03. The molecule has 2 aliphatic rings. The lowest BCUT2D eigenvalue weighted by Crippen LogP contribution is -2.36. The molecule has 1 aromatic heterocycles. The largest absolute Gasteiger partial charge is 0.462 e. The van der Waals surface area contributed by atoms with Gasteiger partial charge in [0.2, 0.25) is 5.95 Å². The molecule has 1 saturated heterocycles. The van der Waals surface area contributed by atoms with Gasteiger partial charge in [0, 0.05) is 38.4 Å². The van der Waals surface area contributed by atoms with Crippen LogP contribution in [-0.4, -0.2) is 59.7 Å². The molecule has 118 valence electrons. The van der Waals surface area contributed by atoms with Crippen LogP contribution in [0.3, 0.4) is 0 Å². The highest BCUT2D eigenvalue weighted by molar-refractivity contribution is 5.90. The van der Waals surface area contributed by atoms with Crippen molar-refractivity contribution >= 4 is 11.9 Å². The van der Waals surface area contributed by atoms with Crippen LogP contribution in [0.25, 0.3) is 0 Å². The minimum absolute atomic E-state index is 0.353. The summed E-state index contributed by atoms with van der Waals surface area (Å²) < 4.78 is 5.01. The van der Waals surface area contributed by atoms with E-state index in [0.717, 1.165) is 32.6 Å².